The van der Waals surface area contributed by atoms with Crippen LogP contribution >= 0.6 is 27.7 Å². The molecule has 0 bridgehead atoms. The van der Waals surface area contributed by atoms with Crippen LogP contribution in [-0.4, -0.2) is 32.5 Å². The third-order valence-corrected chi connectivity index (χ3v) is 5.35. The number of anilines is 1. The molecule has 144 valence electrons. The second kappa shape index (κ2) is 9.03. The predicted molar refractivity (Wildman–Crippen MR) is 113 cm³/mol. The number of nitrogens with one attached hydrogen (secondary N) is 2. The van der Waals surface area contributed by atoms with Gasteiger partial charge in [-0.2, -0.15) is 0 Å². The van der Waals surface area contributed by atoms with Gasteiger partial charge in [-0.3, -0.25) is 10.1 Å². The second-order valence-electron chi connectivity index (χ2n) is 6.03. The smallest absolute Gasteiger partial charge is 0.308 e. The monoisotopic (exact) mass is 459 g/mol. The van der Waals surface area contributed by atoms with E-state index in [9.17, 15) is 9.59 Å². The van der Waals surface area contributed by atoms with Gasteiger partial charge in [-0.1, -0.05) is 51.5 Å². The third-order valence-electron chi connectivity index (χ3n) is 3.80. The van der Waals surface area contributed by atoms with Gasteiger partial charge in [-0.05, 0) is 37.3 Å². The summed E-state index contributed by atoms with van der Waals surface area (Å²) >= 11 is 4.54. The molecule has 28 heavy (non-hydrogen) atoms. The number of nitrogens with zero attached hydrogens (tertiary/aromatic N) is 3. The zero-order chi connectivity index (χ0) is 20.1. The molecule has 0 spiro atoms. The van der Waals surface area contributed by atoms with Crippen molar-refractivity contribution < 1.29 is 9.59 Å². The number of aryl methyl sites for hydroxylation is 1. The standard InChI is InChI=1S/C19H18BrN5O2S/c1-12-4-3-5-13(10-12)17-23-24-19(25(17)2)28-11-16(26)22-18(27)21-15-8-6-14(20)7-9-15/h3-10H,11H2,1-2H3,(H2,21,22,26,27). The lowest BCUT2D eigenvalue weighted by Gasteiger charge is -2.07. The molecule has 0 saturated heterocycles. The molecular formula is C19H18BrN5O2S. The molecule has 0 aliphatic carbocycles. The normalized spacial score (nSPS) is 10.5. The highest BCUT2D eigenvalue weighted by Gasteiger charge is 2.14. The topological polar surface area (TPSA) is 88.9 Å². The Morgan fingerprint density at radius 1 is 1.14 bits per heavy atom. The van der Waals surface area contributed by atoms with Crippen LogP contribution in [-0.2, 0) is 11.8 Å². The van der Waals surface area contributed by atoms with E-state index in [-0.39, 0.29) is 5.75 Å². The maximum absolute atomic E-state index is 12.0. The molecule has 2 aromatic carbocycles. The number of halogens is 1. The highest BCUT2D eigenvalue weighted by atomic mass is 79.9. The molecule has 0 aliphatic heterocycles. The van der Waals surface area contributed by atoms with Gasteiger partial charge in [0.15, 0.2) is 11.0 Å². The number of carbonyl (C=O) groups is 2. The van der Waals surface area contributed by atoms with Gasteiger partial charge >= 0.3 is 6.03 Å². The number of imide groups is 1. The summed E-state index contributed by atoms with van der Waals surface area (Å²) in [5.74, 6) is 0.354. The Balaban J connectivity index is 1.54. The van der Waals surface area contributed by atoms with Gasteiger partial charge in [0.05, 0.1) is 5.75 Å². The number of amides is 3. The van der Waals surface area contributed by atoms with Crippen molar-refractivity contribution in [3.63, 3.8) is 0 Å². The average Bonchev–Trinajstić information content (AvgIpc) is 3.02. The number of urea groups is 1. The summed E-state index contributed by atoms with van der Waals surface area (Å²) < 4.78 is 2.73. The van der Waals surface area contributed by atoms with E-state index in [1.165, 1.54) is 11.8 Å². The number of aromatic nitrogens is 3. The lowest BCUT2D eigenvalue weighted by atomic mass is 10.1. The Bertz CT molecular complexity index is 1000. The van der Waals surface area contributed by atoms with Gasteiger partial charge in [-0.15, -0.1) is 10.2 Å². The molecule has 0 unspecified atom stereocenters. The van der Waals surface area contributed by atoms with Crippen LogP contribution in [0.2, 0.25) is 0 Å². The van der Waals surface area contributed by atoms with E-state index in [1.54, 1.807) is 24.3 Å². The summed E-state index contributed by atoms with van der Waals surface area (Å²) in [5.41, 5.74) is 2.68. The van der Waals surface area contributed by atoms with Crippen molar-refractivity contribution in [1.82, 2.24) is 20.1 Å². The van der Waals surface area contributed by atoms with Crippen LogP contribution in [0.5, 0.6) is 0 Å². The molecule has 2 N–H and O–H groups in total. The molecule has 0 atom stereocenters. The quantitative estimate of drug-likeness (QED) is 0.562. The van der Waals surface area contributed by atoms with Crippen LogP contribution in [0.1, 0.15) is 5.56 Å². The summed E-state index contributed by atoms with van der Waals surface area (Å²) in [6.45, 7) is 2.01. The lowest BCUT2D eigenvalue weighted by Crippen LogP contribution is -2.35. The third kappa shape index (κ3) is 5.20. The van der Waals surface area contributed by atoms with Gasteiger partial charge in [0.2, 0.25) is 5.91 Å². The summed E-state index contributed by atoms with van der Waals surface area (Å²) in [6, 6.07) is 14.4. The zero-order valence-corrected chi connectivity index (χ0v) is 17.7. The number of carbonyl (C=O) groups excluding carboxylic acids is 2. The average molecular weight is 460 g/mol. The van der Waals surface area contributed by atoms with Crippen LogP contribution < -0.4 is 10.6 Å². The van der Waals surface area contributed by atoms with E-state index in [2.05, 4.69) is 36.8 Å². The van der Waals surface area contributed by atoms with Crippen molar-refractivity contribution in [3.8, 4) is 11.4 Å². The molecule has 1 heterocycles. The van der Waals surface area contributed by atoms with E-state index < -0.39 is 11.9 Å². The minimum absolute atomic E-state index is 0.0492. The second-order valence-corrected chi connectivity index (χ2v) is 7.89. The molecule has 3 amide bonds. The maximum atomic E-state index is 12.0. The van der Waals surface area contributed by atoms with Crippen LogP contribution in [0.4, 0.5) is 10.5 Å². The molecule has 9 heteroatoms. The molecule has 3 aromatic rings. The zero-order valence-electron chi connectivity index (χ0n) is 15.3. The van der Waals surface area contributed by atoms with Crippen molar-refractivity contribution >= 4 is 45.3 Å². The summed E-state index contributed by atoms with van der Waals surface area (Å²) in [6.07, 6.45) is 0. The SMILES string of the molecule is Cc1cccc(-c2nnc(SCC(=O)NC(=O)Nc3ccc(Br)cc3)n2C)c1. The molecule has 1 aromatic heterocycles. The van der Waals surface area contributed by atoms with Crippen molar-refractivity contribution in [2.24, 2.45) is 7.05 Å². The molecule has 7 nitrogen and oxygen atoms in total. The minimum Gasteiger partial charge on any atom is -0.308 e. The van der Waals surface area contributed by atoms with E-state index >= 15 is 0 Å². The van der Waals surface area contributed by atoms with Crippen LogP contribution in [0, 0.1) is 6.92 Å². The summed E-state index contributed by atoms with van der Waals surface area (Å²) in [4.78, 5) is 24.0. The number of thioether (sulfide) groups is 1. The Morgan fingerprint density at radius 3 is 2.61 bits per heavy atom. The van der Waals surface area contributed by atoms with Gasteiger partial charge in [0.25, 0.3) is 0 Å². The van der Waals surface area contributed by atoms with Crippen molar-refractivity contribution in [2.45, 2.75) is 12.1 Å². The maximum Gasteiger partial charge on any atom is 0.325 e. The van der Waals surface area contributed by atoms with Gasteiger partial charge in [0, 0.05) is 22.8 Å². The fourth-order valence-electron chi connectivity index (χ4n) is 2.46. The Hall–Kier alpha value is -2.65. The van der Waals surface area contributed by atoms with Gasteiger partial charge < -0.3 is 9.88 Å². The molecule has 0 radical (unpaired) electrons. The van der Waals surface area contributed by atoms with Gasteiger partial charge in [0.1, 0.15) is 0 Å². The highest BCUT2D eigenvalue weighted by molar-refractivity contribution is 9.10. The van der Waals surface area contributed by atoms with E-state index in [0.29, 0.717) is 10.8 Å². The molecule has 0 fully saturated rings. The number of benzene rings is 2. The summed E-state index contributed by atoms with van der Waals surface area (Å²) in [7, 11) is 1.85. The van der Waals surface area contributed by atoms with Crippen molar-refractivity contribution in [1.29, 1.82) is 0 Å². The summed E-state index contributed by atoms with van der Waals surface area (Å²) in [5, 5.41) is 13.8. The van der Waals surface area contributed by atoms with Gasteiger partial charge in [-0.25, -0.2) is 4.79 Å². The van der Waals surface area contributed by atoms with E-state index in [4.69, 9.17) is 0 Å². The lowest BCUT2D eigenvalue weighted by molar-refractivity contribution is -0.117. The first-order valence-corrected chi connectivity index (χ1v) is 10.2. The van der Waals surface area contributed by atoms with Crippen LogP contribution in [0.3, 0.4) is 0 Å². The minimum atomic E-state index is -0.577. The van der Waals surface area contributed by atoms with Crippen molar-refractivity contribution in [2.75, 3.05) is 11.1 Å². The van der Waals surface area contributed by atoms with Crippen LogP contribution in [0.15, 0.2) is 58.2 Å². The molecule has 0 saturated carbocycles. The van der Waals surface area contributed by atoms with E-state index in [1.807, 2.05) is 42.8 Å². The molecule has 0 aliphatic rings. The first-order chi connectivity index (χ1) is 13.4. The Kier molecular flexibility index (Phi) is 6.48. The largest absolute Gasteiger partial charge is 0.325 e. The number of hydrogen-bond acceptors (Lipinski definition) is 5. The number of hydrogen-bond donors (Lipinski definition) is 2. The fourth-order valence-corrected chi connectivity index (χ4v) is 3.44. The fraction of sp³-hybridized carbons (Fsp3) is 0.158. The van der Waals surface area contributed by atoms with Crippen LogP contribution in [0.25, 0.3) is 11.4 Å². The molecular weight excluding hydrogens is 442 g/mol. The highest BCUT2D eigenvalue weighted by Crippen LogP contribution is 2.23. The first kappa shape index (κ1) is 20.1. The Morgan fingerprint density at radius 2 is 1.89 bits per heavy atom. The predicted octanol–water partition coefficient (Wildman–Crippen LogP) is 3.99. The first-order valence-electron chi connectivity index (χ1n) is 8.38. The molecule has 3 rings (SSSR count). The van der Waals surface area contributed by atoms with Crippen molar-refractivity contribution in [3.05, 3.63) is 58.6 Å². The Labute approximate surface area is 175 Å². The number of rotatable bonds is 5. The van der Waals surface area contributed by atoms with E-state index in [0.717, 1.165) is 21.4 Å².